The molecule has 0 spiro atoms. The van der Waals surface area contributed by atoms with Gasteiger partial charge in [0.25, 0.3) is 0 Å². The van der Waals surface area contributed by atoms with Crippen molar-refractivity contribution in [2.75, 3.05) is 13.1 Å². The summed E-state index contributed by atoms with van der Waals surface area (Å²) in [6.07, 6.45) is 3.95. The fraction of sp³-hybridized carbons (Fsp3) is 0.391. The second-order valence-corrected chi connectivity index (χ2v) is 7.72. The number of oxazole rings is 1. The highest BCUT2D eigenvalue weighted by molar-refractivity contribution is 5.80. The van der Waals surface area contributed by atoms with Crippen molar-refractivity contribution in [3.05, 3.63) is 48.1 Å². The summed E-state index contributed by atoms with van der Waals surface area (Å²) in [6.45, 7) is 7.03. The number of aryl methyl sites for hydroxylation is 1. The van der Waals surface area contributed by atoms with E-state index in [1.54, 1.807) is 4.90 Å². The standard InChI is InChI=1S/C22H25N3O3.CHNO/c1-14(2)27-22(26)25-10-8-16(9-11-25)21-24-19-12-17(6-7-20(19)28-21)18-5-4-15(3)23-13-18;2-1-3/h4-7,12-14,16H,8-11H2,1-3H3;2H. The van der Waals surface area contributed by atoms with Crippen LogP contribution in [0.25, 0.3) is 22.2 Å². The second kappa shape index (κ2) is 10.00. The van der Waals surface area contributed by atoms with Crippen molar-refractivity contribution >= 4 is 23.3 Å². The smallest absolute Gasteiger partial charge is 0.410 e. The highest BCUT2D eigenvalue weighted by atomic mass is 16.6. The van der Waals surface area contributed by atoms with Gasteiger partial charge in [0.2, 0.25) is 6.08 Å². The number of fused-ring (bicyclic) bond motifs is 1. The molecule has 0 radical (unpaired) electrons. The number of pyridine rings is 1. The first-order chi connectivity index (χ1) is 14.9. The van der Waals surface area contributed by atoms with Gasteiger partial charge < -0.3 is 14.1 Å². The van der Waals surface area contributed by atoms with E-state index in [-0.39, 0.29) is 18.1 Å². The Kier molecular flexibility index (Phi) is 7.15. The Labute approximate surface area is 180 Å². The van der Waals surface area contributed by atoms with Crippen LogP contribution in [0.1, 0.15) is 44.2 Å². The second-order valence-electron chi connectivity index (χ2n) is 7.72. The fourth-order valence-corrected chi connectivity index (χ4v) is 3.52. The lowest BCUT2D eigenvalue weighted by molar-refractivity contribution is 0.0681. The fourth-order valence-electron chi connectivity index (χ4n) is 3.52. The number of hydrogen-bond donors (Lipinski definition) is 1. The van der Waals surface area contributed by atoms with Crippen molar-refractivity contribution in [3.63, 3.8) is 0 Å². The lowest BCUT2D eigenvalue weighted by Crippen LogP contribution is -2.39. The van der Waals surface area contributed by atoms with E-state index in [0.29, 0.717) is 13.1 Å². The number of likely N-dealkylation sites (tertiary alicyclic amines) is 1. The number of nitrogens with one attached hydrogen (secondary N) is 1. The van der Waals surface area contributed by atoms with Crippen LogP contribution in [0.15, 0.2) is 40.9 Å². The van der Waals surface area contributed by atoms with E-state index in [4.69, 9.17) is 24.3 Å². The molecule has 1 fully saturated rings. The number of amides is 1. The Bertz CT molecular complexity index is 1060. The number of benzene rings is 1. The van der Waals surface area contributed by atoms with Crippen LogP contribution >= 0.6 is 0 Å². The zero-order valence-corrected chi connectivity index (χ0v) is 17.9. The van der Waals surface area contributed by atoms with Crippen LogP contribution in [0.5, 0.6) is 0 Å². The van der Waals surface area contributed by atoms with E-state index in [0.717, 1.165) is 52.7 Å². The molecule has 4 rings (SSSR count). The van der Waals surface area contributed by atoms with Crippen LogP contribution in [0.2, 0.25) is 0 Å². The number of nitrogens with zero attached hydrogens (tertiary/aromatic N) is 3. The maximum absolute atomic E-state index is 12.0. The first-order valence-corrected chi connectivity index (χ1v) is 10.2. The minimum absolute atomic E-state index is 0.0970. The summed E-state index contributed by atoms with van der Waals surface area (Å²) < 4.78 is 11.3. The monoisotopic (exact) mass is 422 g/mol. The number of hydrogen-bond acceptors (Lipinski definition) is 7. The van der Waals surface area contributed by atoms with Gasteiger partial charge in [-0.2, -0.15) is 0 Å². The largest absolute Gasteiger partial charge is 0.447 e. The molecule has 0 atom stereocenters. The van der Waals surface area contributed by atoms with E-state index < -0.39 is 0 Å². The molecule has 1 saturated heterocycles. The molecule has 1 aliphatic heterocycles. The van der Waals surface area contributed by atoms with Crippen LogP contribution in [0.3, 0.4) is 0 Å². The average molecular weight is 422 g/mol. The third-order valence-corrected chi connectivity index (χ3v) is 5.09. The molecule has 3 heterocycles. The molecule has 0 unspecified atom stereocenters. The molecule has 1 aromatic carbocycles. The highest BCUT2D eigenvalue weighted by Crippen LogP contribution is 2.32. The van der Waals surface area contributed by atoms with E-state index >= 15 is 0 Å². The van der Waals surface area contributed by atoms with E-state index in [1.807, 2.05) is 51.2 Å². The van der Waals surface area contributed by atoms with Gasteiger partial charge in [0.1, 0.15) is 5.52 Å². The Hall–Kier alpha value is -3.51. The van der Waals surface area contributed by atoms with Gasteiger partial charge in [-0.1, -0.05) is 12.1 Å². The van der Waals surface area contributed by atoms with Gasteiger partial charge in [-0.25, -0.2) is 20.0 Å². The zero-order chi connectivity index (χ0) is 22.4. The summed E-state index contributed by atoms with van der Waals surface area (Å²) in [5.74, 6) is 0.978. The summed E-state index contributed by atoms with van der Waals surface area (Å²) in [5, 5.41) is 5.40. The van der Waals surface area contributed by atoms with E-state index in [2.05, 4.69) is 11.1 Å². The molecule has 162 valence electrons. The SMILES string of the molecule is Cc1ccc(-c2ccc3oc(C4CCN(C(=O)OC(C)C)CC4)nc3c2)cn1.N=C=O. The third-order valence-electron chi connectivity index (χ3n) is 5.09. The molecule has 8 heteroatoms. The minimum Gasteiger partial charge on any atom is -0.447 e. The molecular formula is C23H26N4O4. The van der Waals surface area contributed by atoms with Gasteiger partial charge >= 0.3 is 6.09 Å². The molecule has 1 aliphatic rings. The molecular weight excluding hydrogens is 396 g/mol. The van der Waals surface area contributed by atoms with E-state index in [1.165, 1.54) is 0 Å². The van der Waals surface area contributed by atoms with Crippen LogP contribution in [-0.4, -0.2) is 46.2 Å². The maximum Gasteiger partial charge on any atom is 0.410 e. The Balaban J connectivity index is 0.000000858. The summed E-state index contributed by atoms with van der Waals surface area (Å²) in [7, 11) is 0. The zero-order valence-electron chi connectivity index (χ0n) is 17.9. The van der Waals surface area contributed by atoms with Gasteiger partial charge in [0.05, 0.1) is 6.10 Å². The normalized spacial score (nSPS) is 14.1. The Morgan fingerprint density at radius 3 is 2.52 bits per heavy atom. The lowest BCUT2D eigenvalue weighted by atomic mass is 9.97. The molecule has 2 aromatic heterocycles. The summed E-state index contributed by atoms with van der Waals surface area (Å²) >= 11 is 0. The number of carbonyl (C=O) groups excluding carboxylic acids is 2. The summed E-state index contributed by atoms with van der Waals surface area (Å²) in [5.41, 5.74) is 4.78. The molecule has 3 aromatic rings. The third kappa shape index (κ3) is 5.55. The number of rotatable bonds is 3. The molecule has 8 nitrogen and oxygen atoms in total. The lowest BCUT2D eigenvalue weighted by Gasteiger charge is -2.30. The number of isocyanates is 1. The van der Waals surface area contributed by atoms with Crippen LogP contribution in [0, 0.1) is 12.3 Å². The molecule has 0 aliphatic carbocycles. The minimum atomic E-state index is -0.234. The molecule has 0 bridgehead atoms. The maximum atomic E-state index is 12.0. The first kappa shape index (κ1) is 22.2. The van der Waals surface area contributed by atoms with Crippen molar-refractivity contribution in [3.8, 4) is 11.1 Å². The quantitative estimate of drug-likeness (QED) is 0.478. The summed E-state index contributed by atoms with van der Waals surface area (Å²) in [4.78, 5) is 31.3. The predicted molar refractivity (Wildman–Crippen MR) is 116 cm³/mol. The van der Waals surface area contributed by atoms with Crippen molar-refractivity contribution in [1.82, 2.24) is 14.9 Å². The predicted octanol–water partition coefficient (Wildman–Crippen LogP) is 4.82. The number of aromatic nitrogens is 2. The molecule has 0 saturated carbocycles. The number of ether oxygens (including phenoxy) is 1. The van der Waals surface area contributed by atoms with Crippen molar-refractivity contribution in [2.24, 2.45) is 0 Å². The van der Waals surface area contributed by atoms with Crippen molar-refractivity contribution in [1.29, 1.82) is 5.41 Å². The van der Waals surface area contributed by atoms with Gasteiger partial charge in [-0.15, -0.1) is 0 Å². The van der Waals surface area contributed by atoms with Gasteiger partial charge in [0.15, 0.2) is 11.5 Å². The van der Waals surface area contributed by atoms with Crippen LogP contribution in [0.4, 0.5) is 4.79 Å². The summed E-state index contributed by atoms with van der Waals surface area (Å²) in [6, 6.07) is 10.1. The highest BCUT2D eigenvalue weighted by Gasteiger charge is 2.28. The van der Waals surface area contributed by atoms with Gasteiger partial charge in [-0.3, -0.25) is 4.98 Å². The topological polar surface area (TPSA) is 109 Å². The number of carbonyl (C=O) groups is 1. The molecule has 31 heavy (non-hydrogen) atoms. The van der Waals surface area contributed by atoms with Crippen LogP contribution in [-0.2, 0) is 9.53 Å². The first-order valence-electron chi connectivity index (χ1n) is 10.2. The van der Waals surface area contributed by atoms with Gasteiger partial charge in [-0.05, 0) is 57.4 Å². The molecule has 1 amide bonds. The number of piperidine rings is 1. The Morgan fingerprint density at radius 1 is 1.23 bits per heavy atom. The van der Waals surface area contributed by atoms with Crippen molar-refractivity contribution < 1.29 is 18.7 Å². The van der Waals surface area contributed by atoms with Crippen molar-refractivity contribution in [2.45, 2.75) is 45.6 Å². The van der Waals surface area contributed by atoms with Crippen LogP contribution < -0.4 is 0 Å². The Morgan fingerprint density at radius 2 is 1.90 bits per heavy atom. The van der Waals surface area contributed by atoms with Gasteiger partial charge in [0, 0.05) is 36.5 Å². The average Bonchev–Trinajstić information content (AvgIpc) is 3.18. The molecule has 1 N–H and O–H groups in total. The van der Waals surface area contributed by atoms with E-state index in [9.17, 15) is 4.79 Å².